The van der Waals surface area contributed by atoms with Crippen LogP contribution in [-0.4, -0.2) is 56.0 Å². The standard InChI is InChI=1S/C23H28N4O3S/c1-15-25-21(18-13-19(31-23(18)26-15)16-7-5-4-6-8-16)27-11-9-17(10-12-27)22(28)24-14-20(29-2)30-3/h4-8,13,17,20H,9-12,14H2,1-3H3,(H,24,28). The second-order valence-corrected chi connectivity index (χ2v) is 8.73. The first kappa shape index (κ1) is 21.7. The molecule has 4 rings (SSSR count). The molecule has 164 valence electrons. The van der Waals surface area contributed by atoms with Crippen LogP contribution in [0.25, 0.3) is 20.7 Å². The van der Waals surface area contributed by atoms with Crippen molar-refractivity contribution >= 4 is 33.3 Å². The number of amides is 1. The average molecular weight is 441 g/mol. The predicted octanol–water partition coefficient (Wildman–Crippen LogP) is 3.62. The van der Waals surface area contributed by atoms with Gasteiger partial charge in [0, 0.05) is 38.1 Å². The maximum Gasteiger partial charge on any atom is 0.223 e. The van der Waals surface area contributed by atoms with Crippen LogP contribution in [0.5, 0.6) is 0 Å². The first-order valence-corrected chi connectivity index (χ1v) is 11.3. The monoisotopic (exact) mass is 440 g/mol. The number of anilines is 1. The minimum atomic E-state index is -0.418. The van der Waals surface area contributed by atoms with E-state index in [4.69, 9.17) is 14.5 Å². The molecule has 0 spiro atoms. The van der Waals surface area contributed by atoms with E-state index in [1.54, 1.807) is 25.6 Å². The van der Waals surface area contributed by atoms with Gasteiger partial charge >= 0.3 is 0 Å². The second kappa shape index (κ2) is 9.72. The minimum Gasteiger partial charge on any atom is -0.356 e. The van der Waals surface area contributed by atoms with Gasteiger partial charge in [-0.2, -0.15) is 0 Å². The number of fused-ring (bicyclic) bond motifs is 1. The smallest absolute Gasteiger partial charge is 0.223 e. The highest BCUT2D eigenvalue weighted by atomic mass is 32.1. The number of aromatic nitrogens is 2. The molecule has 3 heterocycles. The average Bonchev–Trinajstić information content (AvgIpc) is 3.24. The van der Waals surface area contributed by atoms with Gasteiger partial charge in [0.05, 0.1) is 11.9 Å². The fourth-order valence-corrected chi connectivity index (χ4v) is 5.02. The summed E-state index contributed by atoms with van der Waals surface area (Å²) in [5, 5.41) is 4.02. The fraction of sp³-hybridized carbons (Fsp3) is 0.435. The van der Waals surface area contributed by atoms with Crippen molar-refractivity contribution in [3.05, 3.63) is 42.2 Å². The van der Waals surface area contributed by atoms with Gasteiger partial charge in [0.15, 0.2) is 6.29 Å². The Morgan fingerprint density at radius 2 is 1.90 bits per heavy atom. The first-order valence-electron chi connectivity index (χ1n) is 10.5. The molecule has 1 aliphatic heterocycles. The molecular weight excluding hydrogens is 412 g/mol. The van der Waals surface area contributed by atoms with Gasteiger partial charge in [0.25, 0.3) is 0 Å². The van der Waals surface area contributed by atoms with Crippen molar-refractivity contribution in [2.75, 3.05) is 38.8 Å². The summed E-state index contributed by atoms with van der Waals surface area (Å²) in [6.07, 6.45) is 1.16. The van der Waals surface area contributed by atoms with Crippen molar-refractivity contribution in [2.24, 2.45) is 5.92 Å². The van der Waals surface area contributed by atoms with Crippen LogP contribution >= 0.6 is 11.3 Å². The SMILES string of the molecule is COC(CNC(=O)C1CCN(c2nc(C)nc3sc(-c4ccccc4)cc23)CC1)OC. The topological polar surface area (TPSA) is 76.6 Å². The van der Waals surface area contributed by atoms with Gasteiger partial charge in [-0.25, -0.2) is 9.97 Å². The normalized spacial score (nSPS) is 15.0. The van der Waals surface area contributed by atoms with E-state index >= 15 is 0 Å². The van der Waals surface area contributed by atoms with Crippen molar-refractivity contribution in [1.82, 2.24) is 15.3 Å². The van der Waals surface area contributed by atoms with E-state index in [0.717, 1.165) is 47.8 Å². The largest absolute Gasteiger partial charge is 0.356 e. The summed E-state index contributed by atoms with van der Waals surface area (Å²) in [6, 6.07) is 12.6. The molecule has 0 radical (unpaired) electrons. The molecule has 1 fully saturated rings. The Labute approximate surface area is 186 Å². The van der Waals surface area contributed by atoms with Gasteiger partial charge in [0.1, 0.15) is 16.5 Å². The Bertz CT molecular complexity index is 1030. The van der Waals surface area contributed by atoms with Crippen molar-refractivity contribution < 1.29 is 14.3 Å². The molecule has 0 aliphatic carbocycles. The lowest BCUT2D eigenvalue weighted by molar-refractivity contribution is -0.131. The maximum atomic E-state index is 12.5. The molecule has 31 heavy (non-hydrogen) atoms. The zero-order valence-electron chi connectivity index (χ0n) is 18.1. The summed E-state index contributed by atoms with van der Waals surface area (Å²) in [5.74, 6) is 1.80. The van der Waals surface area contributed by atoms with Crippen molar-refractivity contribution in [3.8, 4) is 10.4 Å². The molecule has 3 aromatic rings. The number of methoxy groups -OCH3 is 2. The van der Waals surface area contributed by atoms with Gasteiger partial charge in [0.2, 0.25) is 5.91 Å². The number of carbonyl (C=O) groups is 1. The summed E-state index contributed by atoms with van der Waals surface area (Å²) in [4.78, 5) is 26.5. The third-order valence-electron chi connectivity index (χ3n) is 5.68. The van der Waals surface area contributed by atoms with Crippen LogP contribution in [0.1, 0.15) is 18.7 Å². The molecule has 1 saturated heterocycles. The molecule has 0 bridgehead atoms. The zero-order chi connectivity index (χ0) is 21.8. The lowest BCUT2D eigenvalue weighted by Crippen LogP contribution is -2.43. The Balaban J connectivity index is 1.47. The van der Waals surface area contributed by atoms with Crippen LogP contribution in [0.4, 0.5) is 5.82 Å². The first-order chi connectivity index (χ1) is 15.1. The Morgan fingerprint density at radius 1 is 1.19 bits per heavy atom. The van der Waals surface area contributed by atoms with Crippen LogP contribution in [0, 0.1) is 12.8 Å². The van der Waals surface area contributed by atoms with Gasteiger partial charge in [-0.15, -0.1) is 11.3 Å². The molecule has 1 amide bonds. The van der Waals surface area contributed by atoms with Gasteiger partial charge in [-0.3, -0.25) is 4.79 Å². The number of hydrogen-bond donors (Lipinski definition) is 1. The molecule has 0 saturated carbocycles. The summed E-state index contributed by atoms with van der Waals surface area (Å²) >= 11 is 1.70. The minimum absolute atomic E-state index is 0.00797. The lowest BCUT2D eigenvalue weighted by atomic mass is 9.95. The number of aryl methyl sites for hydroxylation is 1. The van der Waals surface area contributed by atoms with Crippen LogP contribution in [0.2, 0.25) is 0 Å². The van der Waals surface area contributed by atoms with E-state index in [9.17, 15) is 4.79 Å². The number of carbonyl (C=O) groups excluding carboxylic acids is 1. The van der Waals surface area contributed by atoms with Crippen LogP contribution in [0.3, 0.4) is 0 Å². The predicted molar refractivity (Wildman–Crippen MR) is 123 cm³/mol. The van der Waals surface area contributed by atoms with Crippen LogP contribution < -0.4 is 10.2 Å². The Morgan fingerprint density at radius 3 is 2.58 bits per heavy atom. The van der Waals surface area contributed by atoms with E-state index in [2.05, 4.69) is 45.5 Å². The number of piperidine rings is 1. The summed E-state index contributed by atoms with van der Waals surface area (Å²) in [7, 11) is 3.13. The van der Waals surface area contributed by atoms with E-state index in [1.807, 2.05) is 13.0 Å². The third kappa shape index (κ3) is 4.87. The van der Waals surface area contributed by atoms with E-state index in [-0.39, 0.29) is 11.8 Å². The molecule has 1 aromatic carbocycles. The Kier molecular flexibility index (Phi) is 6.80. The van der Waals surface area contributed by atoms with E-state index in [0.29, 0.717) is 6.54 Å². The molecule has 0 atom stereocenters. The zero-order valence-corrected chi connectivity index (χ0v) is 18.9. The van der Waals surface area contributed by atoms with Gasteiger partial charge in [-0.1, -0.05) is 30.3 Å². The molecule has 0 unspecified atom stereocenters. The molecule has 8 heteroatoms. The molecular formula is C23H28N4O3S. The van der Waals surface area contributed by atoms with Crippen molar-refractivity contribution in [1.29, 1.82) is 0 Å². The van der Waals surface area contributed by atoms with Crippen LogP contribution in [-0.2, 0) is 14.3 Å². The maximum absolute atomic E-state index is 12.5. The number of nitrogens with one attached hydrogen (secondary N) is 1. The number of hydrogen-bond acceptors (Lipinski definition) is 7. The summed E-state index contributed by atoms with van der Waals surface area (Å²) in [5.41, 5.74) is 1.19. The van der Waals surface area contributed by atoms with Gasteiger partial charge < -0.3 is 19.7 Å². The highest BCUT2D eigenvalue weighted by Crippen LogP contribution is 2.37. The van der Waals surface area contributed by atoms with Gasteiger partial charge in [-0.05, 0) is 31.4 Å². The fourth-order valence-electron chi connectivity index (χ4n) is 3.94. The summed E-state index contributed by atoms with van der Waals surface area (Å²) in [6.45, 7) is 3.87. The third-order valence-corrected chi connectivity index (χ3v) is 6.75. The molecule has 1 aliphatic rings. The number of nitrogens with zero attached hydrogens (tertiary/aromatic N) is 3. The van der Waals surface area contributed by atoms with Crippen LogP contribution in [0.15, 0.2) is 36.4 Å². The summed E-state index contributed by atoms with van der Waals surface area (Å²) < 4.78 is 10.3. The second-order valence-electron chi connectivity index (χ2n) is 7.70. The highest BCUT2D eigenvalue weighted by molar-refractivity contribution is 7.21. The number of ether oxygens (including phenoxy) is 2. The number of rotatable bonds is 7. The van der Waals surface area contributed by atoms with Crippen molar-refractivity contribution in [2.45, 2.75) is 26.1 Å². The number of thiophene rings is 1. The van der Waals surface area contributed by atoms with Crippen molar-refractivity contribution in [3.63, 3.8) is 0 Å². The quantitative estimate of drug-likeness (QED) is 0.566. The van der Waals surface area contributed by atoms with E-state index in [1.165, 1.54) is 10.4 Å². The number of benzene rings is 1. The highest BCUT2D eigenvalue weighted by Gasteiger charge is 2.27. The lowest BCUT2D eigenvalue weighted by Gasteiger charge is -2.32. The Hall–Kier alpha value is -2.55. The molecule has 1 N–H and O–H groups in total. The van der Waals surface area contributed by atoms with E-state index < -0.39 is 6.29 Å². The molecule has 7 nitrogen and oxygen atoms in total. The molecule has 2 aromatic heterocycles.